The largest absolute Gasteiger partial charge is 0.497 e. The Bertz CT molecular complexity index is 1250. The molecule has 4 rings (SSSR count). The Kier molecular flexibility index (Phi) is 6.29. The minimum absolute atomic E-state index is 0.155. The second-order valence-electron chi connectivity index (χ2n) is 6.59. The van der Waals surface area contributed by atoms with Crippen LogP contribution in [-0.2, 0) is 4.79 Å². The molecule has 2 heterocycles. The molecule has 0 unspecified atom stereocenters. The van der Waals surface area contributed by atoms with Crippen LogP contribution < -0.4 is 10.1 Å². The van der Waals surface area contributed by atoms with Gasteiger partial charge in [-0.1, -0.05) is 29.4 Å². The minimum Gasteiger partial charge on any atom is -0.497 e. The lowest BCUT2D eigenvalue weighted by molar-refractivity contribution is -0.113. The predicted octanol–water partition coefficient (Wildman–Crippen LogP) is 4.79. The van der Waals surface area contributed by atoms with Gasteiger partial charge in [-0.25, -0.2) is 19.9 Å². The van der Waals surface area contributed by atoms with Gasteiger partial charge in [-0.3, -0.25) is 4.79 Å². The van der Waals surface area contributed by atoms with Crippen molar-refractivity contribution in [1.29, 1.82) is 0 Å². The number of fused-ring (bicyclic) bond motifs is 1. The molecule has 156 valence electrons. The first-order chi connectivity index (χ1) is 15.0. The number of ether oxygens (including phenoxy) is 1. The number of nitrogens with one attached hydrogen (secondary N) is 1. The molecule has 0 atom stereocenters. The average Bonchev–Trinajstić information content (AvgIpc) is 2.80. The summed E-state index contributed by atoms with van der Waals surface area (Å²) in [6.07, 6.45) is 3.12. The molecule has 7 nitrogen and oxygen atoms in total. The van der Waals surface area contributed by atoms with Gasteiger partial charge in [0.2, 0.25) is 5.91 Å². The van der Waals surface area contributed by atoms with Gasteiger partial charge in [0.15, 0.2) is 11.5 Å². The van der Waals surface area contributed by atoms with E-state index < -0.39 is 0 Å². The molecule has 31 heavy (non-hydrogen) atoms. The van der Waals surface area contributed by atoms with Crippen LogP contribution in [0, 0.1) is 6.92 Å². The van der Waals surface area contributed by atoms with Crippen LogP contribution in [0.3, 0.4) is 0 Å². The molecule has 2 aromatic heterocycles. The average molecular weight is 452 g/mol. The van der Waals surface area contributed by atoms with E-state index in [-0.39, 0.29) is 11.7 Å². The minimum atomic E-state index is -0.155. The van der Waals surface area contributed by atoms with E-state index in [1.807, 2.05) is 37.3 Å². The number of hydrogen-bond donors (Lipinski definition) is 1. The number of carbonyl (C=O) groups is 1. The molecule has 0 spiro atoms. The van der Waals surface area contributed by atoms with Crippen LogP contribution in [-0.4, -0.2) is 38.7 Å². The van der Waals surface area contributed by atoms with E-state index in [4.69, 9.17) is 16.3 Å². The number of amides is 1. The first-order valence-corrected chi connectivity index (χ1v) is 10.7. The maximum absolute atomic E-state index is 12.4. The van der Waals surface area contributed by atoms with Crippen molar-refractivity contribution >= 4 is 46.0 Å². The molecule has 2 aromatic carbocycles. The smallest absolute Gasteiger partial charge is 0.234 e. The Morgan fingerprint density at radius 1 is 1.13 bits per heavy atom. The molecule has 0 bridgehead atoms. The van der Waals surface area contributed by atoms with E-state index in [0.717, 1.165) is 16.9 Å². The number of nitrogens with zero attached hydrogens (tertiary/aromatic N) is 4. The highest BCUT2D eigenvalue weighted by Gasteiger charge is 2.12. The number of hydrogen-bond acceptors (Lipinski definition) is 7. The van der Waals surface area contributed by atoms with E-state index >= 15 is 0 Å². The molecule has 0 saturated carbocycles. The van der Waals surface area contributed by atoms with Gasteiger partial charge < -0.3 is 10.1 Å². The summed E-state index contributed by atoms with van der Waals surface area (Å²) >= 11 is 7.42. The van der Waals surface area contributed by atoms with Crippen molar-refractivity contribution in [2.75, 3.05) is 18.2 Å². The number of rotatable bonds is 6. The van der Waals surface area contributed by atoms with Crippen LogP contribution in [0.15, 0.2) is 60.0 Å². The van der Waals surface area contributed by atoms with E-state index in [0.29, 0.717) is 32.6 Å². The maximum atomic E-state index is 12.4. The third-order valence-electron chi connectivity index (χ3n) is 4.58. The third kappa shape index (κ3) is 4.76. The van der Waals surface area contributed by atoms with Crippen LogP contribution in [0.25, 0.3) is 22.4 Å². The molecule has 9 heteroatoms. The number of methoxy groups -OCH3 is 1. The number of thioether (sulfide) groups is 1. The van der Waals surface area contributed by atoms with Crippen molar-refractivity contribution in [3.05, 3.63) is 65.6 Å². The summed E-state index contributed by atoms with van der Waals surface area (Å²) in [4.78, 5) is 30.0. The van der Waals surface area contributed by atoms with E-state index in [1.165, 1.54) is 18.1 Å². The molecule has 0 aliphatic carbocycles. The fraction of sp³-hybridized carbons (Fsp3) is 0.136. The number of aromatic nitrogens is 4. The number of benzene rings is 2. The van der Waals surface area contributed by atoms with E-state index in [1.54, 1.807) is 25.4 Å². The van der Waals surface area contributed by atoms with Gasteiger partial charge in [0.25, 0.3) is 0 Å². The maximum Gasteiger partial charge on any atom is 0.234 e. The fourth-order valence-electron chi connectivity index (χ4n) is 2.88. The highest BCUT2D eigenvalue weighted by atomic mass is 35.5. The molecule has 0 fully saturated rings. The lowest BCUT2D eigenvalue weighted by Gasteiger charge is -2.09. The summed E-state index contributed by atoms with van der Waals surface area (Å²) in [6.45, 7) is 1.86. The summed E-state index contributed by atoms with van der Waals surface area (Å²) in [5, 5.41) is 4.82. The van der Waals surface area contributed by atoms with Gasteiger partial charge in [0.1, 0.15) is 17.1 Å². The summed E-state index contributed by atoms with van der Waals surface area (Å²) in [7, 11) is 1.62. The molecule has 0 aliphatic heterocycles. The summed E-state index contributed by atoms with van der Waals surface area (Å²) in [6, 6.07) is 12.9. The Balaban J connectivity index is 1.50. The Hall–Kier alpha value is -3.23. The molecule has 1 N–H and O–H groups in total. The zero-order valence-electron chi connectivity index (χ0n) is 16.8. The van der Waals surface area contributed by atoms with Crippen molar-refractivity contribution in [2.45, 2.75) is 11.9 Å². The van der Waals surface area contributed by atoms with Crippen molar-refractivity contribution in [2.24, 2.45) is 0 Å². The van der Waals surface area contributed by atoms with Gasteiger partial charge >= 0.3 is 0 Å². The lowest BCUT2D eigenvalue weighted by Crippen LogP contribution is -2.15. The van der Waals surface area contributed by atoms with Gasteiger partial charge in [-0.15, -0.1) is 0 Å². The van der Waals surface area contributed by atoms with Gasteiger partial charge in [0, 0.05) is 22.5 Å². The highest BCUT2D eigenvalue weighted by Crippen LogP contribution is 2.27. The number of anilines is 1. The predicted molar refractivity (Wildman–Crippen MR) is 123 cm³/mol. The molecule has 0 saturated heterocycles. The summed E-state index contributed by atoms with van der Waals surface area (Å²) < 4.78 is 5.18. The molecule has 0 aliphatic rings. The van der Waals surface area contributed by atoms with Crippen LogP contribution in [0.2, 0.25) is 5.02 Å². The second kappa shape index (κ2) is 9.28. The van der Waals surface area contributed by atoms with Crippen molar-refractivity contribution in [3.63, 3.8) is 0 Å². The fourth-order valence-corrected chi connectivity index (χ4v) is 3.82. The molecule has 1 amide bonds. The lowest BCUT2D eigenvalue weighted by atomic mass is 10.2. The zero-order chi connectivity index (χ0) is 21.8. The molecule has 4 aromatic rings. The Labute approximate surface area is 188 Å². The van der Waals surface area contributed by atoms with Crippen LogP contribution in [0.4, 0.5) is 5.69 Å². The topological polar surface area (TPSA) is 89.9 Å². The number of halogens is 1. The van der Waals surface area contributed by atoms with Crippen LogP contribution >= 0.6 is 23.4 Å². The summed E-state index contributed by atoms with van der Waals surface area (Å²) in [5.41, 5.74) is 2.89. The second-order valence-corrected chi connectivity index (χ2v) is 7.96. The first-order valence-electron chi connectivity index (χ1n) is 9.35. The van der Waals surface area contributed by atoms with E-state index in [2.05, 4.69) is 25.3 Å². The van der Waals surface area contributed by atoms with Crippen molar-refractivity contribution in [3.8, 4) is 17.1 Å². The normalized spacial score (nSPS) is 10.8. The van der Waals surface area contributed by atoms with Crippen molar-refractivity contribution in [1.82, 2.24) is 19.9 Å². The molecular formula is C22H18ClN5O2S. The quantitative estimate of drug-likeness (QED) is 0.333. The van der Waals surface area contributed by atoms with Gasteiger partial charge in [0.05, 0.1) is 18.2 Å². The van der Waals surface area contributed by atoms with Crippen LogP contribution in [0.5, 0.6) is 5.75 Å². The Morgan fingerprint density at radius 2 is 1.94 bits per heavy atom. The van der Waals surface area contributed by atoms with E-state index in [9.17, 15) is 4.79 Å². The Morgan fingerprint density at radius 3 is 2.71 bits per heavy atom. The molecular weight excluding hydrogens is 434 g/mol. The highest BCUT2D eigenvalue weighted by molar-refractivity contribution is 8.00. The number of carbonyl (C=O) groups excluding carboxylic acids is 1. The van der Waals surface area contributed by atoms with Gasteiger partial charge in [-0.05, 0) is 48.9 Å². The zero-order valence-corrected chi connectivity index (χ0v) is 18.4. The third-order valence-corrected chi connectivity index (χ3v) is 6.00. The first kappa shape index (κ1) is 21.0. The monoisotopic (exact) mass is 451 g/mol. The standard InChI is InChI=1S/C22H18ClN5O2S/c1-13-17(23)4-3-5-18(13)27-19(29)11-31-22-16-10-24-20(28-21(16)25-12-26-22)14-6-8-15(30-2)9-7-14/h3-10,12H,11H2,1-2H3,(H,27,29). The van der Waals surface area contributed by atoms with Crippen molar-refractivity contribution < 1.29 is 9.53 Å². The van der Waals surface area contributed by atoms with Gasteiger partial charge in [-0.2, -0.15) is 0 Å². The van der Waals surface area contributed by atoms with Crippen LogP contribution in [0.1, 0.15) is 5.56 Å². The molecule has 0 radical (unpaired) electrons. The SMILES string of the molecule is COc1ccc(-c2ncc3c(SCC(=O)Nc4cccc(Cl)c4C)ncnc3n2)cc1. The summed E-state index contributed by atoms with van der Waals surface area (Å²) in [5.74, 6) is 1.34.